The molecule has 0 aliphatic heterocycles. The predicted octanol–water partition coefficient (Wildman–Crippen LogP) is 5.51. The van der Waals surface area contributed by atoms with E-state index >= 15 is 0 Å². The normalized spacial score (nSPS) is 12.0. The number of hydrogen-bond donors (Lipinski definition) is 1. The molecule has 6 heteroatoms. The number of ether oxygens (including phenoxy) is 1. The number of halogens is 1. The number of hydrogen-bond acceptors (Lipinski definition) is 3. The van der Waals surface area contributed by atoms with Gasteiger partial charge in [0.1, 0.15) is 11.8 Å². The molecule has 1 atom stereocenters. The van der Waals surface area contributed by atoms with Gasteiger partial charge in [-0.25, -0.2) is 0 Å². The van der Waals surface area contributed by atoms with Gasteiger partial charge in [0.25, 0.3) is 5.91 Å². The predicted molar refractivity (Wildman–Crippen MR) is 143 cm³/mol. The number of benzene rings is 3. The molecule has 0 aromatic heterocycles. The van der Waals surface area contributed by atoms with Crippen molar-refractivity contribution >= 4 is 27.7 Å². The van der Waals surface area contributed by atoms with Gasteiger partial charge in [-0.3, -0.25) is 9.59 Å². The minimum Gasteiger partial charge on any atom is -0.484 e. The fourth-order valence-corrected chi connectivity index (χ4v) is 4.28. The van der Waals surface area contributed by atoms with Crippen molar-refractivity contribution < 1.29 is 14.3 Å². The number of amides is 2. The standard InChI is InChI=1S/C29H33BrN2O3/c1-29(2,3)23-13-15-25(16-14-23)35-20-27(33)32(19-22-11-8-12-24(30)17-22)26(28(34)31-4)18-21-9-6-5-7-10-21/h5-17,26H,18-20H2,1-4H3,(H,31,34)/t26-/m0/s1. The largest absolute Gasteiger partial charge is 0.484 e. The van der Waals surface area contributed by atoms with E-state index in [1.54, 1.807) is 11.9 Å². The van der Waals surface area contributed by atoms with E-state index in [4.69, 9.17) is 4.74 Å². The van der Waals surface area contributed by atoms with Gasteiger partial charge in [-0.2, -0.15) is 0 Å². The van der Waals surface area contributed by atoms with Gasteiger partial charge in [-0.05, 0) is 46.4 Å². The van der Waals surface area contributed by atoms with Crippen LogP contribution in [0.1, 0.15) is 37.5 Å². The minimum absolute atomic E-state index is 0.0350. The maximum absolute atomic E-state index is 13.5. The summed E-state index contributed by atoms with van der Waals surface area (Å²) in [5.74, 6) is 0.148. The van der Waals surface area contributed by atoms with E-state index in [0.717, 1.165) is 15.6 Å². The molecule has 0 heterocycles. The Morgan fingerprint density at radius 2 is 1.60 bits per heavy atom. The van der Waals surface area contributed by atoms with Gasteiger partial charge in [0.2, 0.25) is 5.91 Å². The lowest BCUT2D eigenvalue weighted by Gasteiger charge is -2.31. The first-order valence-corrected chi connectivity index (χ1v) is 12.5. The summed E-state index contributed by atoms with van der Waals surface area (Å²) in [7, 11) is 1.59. The molecule has 184 valence electrons. The van der Waals surface area contributed by atoms with Crippen LogP contribution in [0.15, 0.2) is 83.3 Å². The Hall–Kier alpha value is -3.12. The van der Waals surface area contributed by atoms with Crippen molar-refractivity contribution in [3.63, 3.8) is 0 Å². The van der Waals surface area contributed by atoms with E-state index in [-0.39, 0.29) is 30.4 Å². The number of carbonyl (C=O) groups excluding carboxylic acids is 2. The molecule has 0 saturated heterocycles. The number of likely N-dealkylation sites (N-methyl/N-ethyl adjacent to an activating group) is 1. The number of rotatable bonds is 9. The Morgan fingerprint density at radius 1 is 0.943 bits per heavy atom. The van der Waals surface area contributed by atoms with Crippen LogP contribution in [0.2, 0.25) is 0 Å². The number of nitrogens with zero attached hydrogens (tertiary/aromatic N) is 1. The molecule has 0 saturated carbocycles. The molecule has 3 rings (SSSR count). The Morgan fingerprint density at radius 3 is 2.20 bits per heavy atom. The van der Waals surface area contributed by atoms with Crippen molar-refractivity contribution in [3.8, 4) is 5.75 Å². The fourth-order valence-electron chi connectivity index (χ4n) is 3.83. The summed E-state index contributed by atoms with van der Waals surface area (Å²) in [5, 5.41) is 2.73. The minimum atomic E-state index is -0.680. The molecule has 2 amide bonds. The number of carbonyl (C=O) groups is 2. The van der Waals surface area contributed by atoms with Crippen LogP contribution in [0.5, 0.6) is 5.75 Å². The maximum atomic E-state index is 13.5. The average molecular weight is 537 g/mol. The van der Waals surface area contributed by atoms with Crippen LogP contribution in [0.3, 0.4) is 0 Å². The molecule has 0 radical (unpaired) electrons. The average Bonchev–Trinajstić information content (AvgIpc) is 2.84. The van der Waals surface area contributed by atoms with Crippen LogP contribution in [-0.2, 0) is 28.0 Å². The second kappa shape index (κ2) is 12.0. The van der Waals surface area contributed by atoms with Crippen molar-refractivity contribution in [1.82, 2.24) is 10.2 Å². The summed E-state index contributed by atoms with van der Waals surface area (Å²) in [5.41, 5.74) is 3.12. The maximum Gasteiger partial charge on any atom is 0.261 e. The van der Waals surface area contributed by atoms with Crippen LogP contribution >= 0.6 is 15.9 Å². The zero-order valence-corrected chi connectivity index (χ0v) is 22.3. The third-order valence-electron chi connectivity index (χ3n) is 5.84. The van der Waals surface area contributed by atoms with Gasteiger partial charge in [-0.1, -0.05) is 91.3 Å². The molecule has 35 heavy (non-hydrogen) atoms. The highest BCUT2D eigenvalue weighted by atomic mass is 79.9. The topological polar surface area (TPSA) is 58.6 Å². The van der Waals surface area contributed by atoms with Gasteiger partial charge < -0.3 is 15.0 Å². The van der Waals surface area contributed by atoms with Crippen molar-refractivity contribution in [2.75, 3.05) is 13.7 Å². The molecule has 0 unspecified atom stereocenters. The smallest absolute Gasteiger partial charge is 0.261 e. The lowest BCUT2D eigenvalue weighted by Crippen LogP contribution is -2.51. The molecule has 0 spiro atoms. The second-order valence-corrected chi connectivity index (χ2v) is 10.5. The molecule has 3 aromatic rings. The summed E-state index contributed by atoms with van der Waals surface area (Å²) >= 11 is 3.50. The van der Waals surface area contributed by atoms with Crippen LogP contribution in [-0.4, -0.2) is 36.4 Å². The molecule has 1 N–H and O–H groups in total. The van der Waals surface area contributed by atoms with Crippen molar-refractivity contribution in [1.29, 1.82) is 0 Å². The van der Waals surface area contributed by atoms with E-state index in [9.17, 15) is 9.59 Å². The zero-order valence-electron chi connectivity index (χ0n) is 20.8. The molecule has 0 aliphatic carbocycles. The number of nitrogens with one attached hydrogen (secondary N) is 1. The molecule has 0 fully saturated rings. The lowest BCUT2D eigenvalue weighted by atomic mass is 9.87. The SMILES string of the molecule is CNC(=O)[C@H](Cc1ccccc1)N(Cc1cccc(Br)c1)C(=O)COc1ccc(C(C)(C)C)cc1. The van der Waals surface area contributed by atoms with E-state index in [2.05, 4.69) is 42.0 Å². The summed E-state index contributed by atoms with van der Waals surface area (Å²) < 4.78 is 6.77. The summed E-state index contributed by atoms with van der Waals surface area (Å²) in [6, 6.07) is 24.6. The van der Waals surface area contributed by atoms with Crippen LogP contribution < -0.4 is 10.1 Å². The van der Waals surface area contributed by atoms with E-state index in [0.29, 0.717) is 12.2 Å². The lowest BCUT2D eigenvalue weighted by molar-refractivity contribution is -0.142. The highest BCUT2D eigenvalue weighted by Crippen LogP contribution is 2.24. The van der Waals surface area contributed by atoms with Gasteiger partial charge in [0, 0.05) is 24.5 Å². The monoisotopic (exact) mass is 536 g/mol. The quantitative estimate of drug-likeness (QED) is 0.392. The molecule has 5 nitrogen and oxygen atoms in total. The Bertz CT molecular complexity index is 1120. The van der Waals surface area contributed by atoms with E-state index < -0.39 is 6.04 Å². The molecule has 0 bridgehead atoms. The highest BCUT2D eigenvalue weighted by molar-refractivity contribution is 9.10. The fraction of sp³-hybridized carbons (Fsp3) is 0.310. The summed E-state index contributed by atoms with van der Waals surface area (Å²) in [6.07, 6.45) is 0.403. The van der Waals surface area contributed by atoms with Gasteiger partial charge in [-0.15, -0.1) is 0 Å². The van der Waals surface area contributed by atoms with Crippen molar-refractivity contribution in [3.05, 3.63) is 100 Å². The van der Waals surface area contributed by atoms with Crippen molar-refractivity contribution in [2.24, 2.45) is 0 Å². The Kier molecular flexibility index (Phi) is 9.10. The second-order valence-electron chi connectivity index (χ2n) is 9.53. The zero-order chi connectivity index (χ0) is 25.4. The molecular weight excluding hydrogens is 504 g/mol. The molecular formula is C29H33BrN2O3. The first kappa shape index (κ1) is 26.5. The summed E-state index contributed by atoms with van der Waals surface area (Å²) in [4.78, 5) is 28.1. The molecule has 0 aliphatic rings. The van der Waals surface area contributed by atoms with Gasteiger partial charge in [0.05, 0.1) is 0 Å². The van der Waals surface area contributed by atoms with Crippen LogP contribution in [0, 0.1) is 0 Å². The molecule has 3 aromatic carbocycles. The highest BCUT2D eigenvalue weighted by Gasteiger charge is 2.30. The van der Waals surface area contributed by atoms with Crippen molar-refractivity contribution in [2.45, 2.75) is 45.2 Å². The van der Waals surface area contributed by atoms with Crippen LogP contribution in [0.25, 0.3) is 0 Å². The Balaban J connectivity index is 1.84. The van der Waals surface area contributed by atoms with E-state index in [1.165, 1.54) is 5.56 Å². The first-order valence-electron chi connectivity index (χ1n) is 11.7. The Labute approximate surface area is 216 Å². The van der Waals surface area contributed by atoms with E-state index in [1.807, 2.05) is 78.9 Å². The van der Waals surface area contributed by atoms with Gasteiger partial charge in [0.15, 0.2) is 6.61 Å². The first-order chi connectivity index (χ1) is 16.7. The summed E-state index contributed by atoms with van der Waals surface area (Å²) in [6.45, 7) is 6.58. The third-order valence-corrected chi connectivity index (χ3v) is 6.34. The third kappa shape index (κ3) is 7.69. The van der Waals surface area contributed by atoms with Gasteiger partial charge >= 0.3 is 0 Å². The van der Waals surface area contributed by atoms with Crippen LogP contribution in [0.4, 0.5) is 0 Å².